The first-order valence-corrected chi connectivity index (χ1v) is 4.86. The van der Waals surface area contributed by atoms with Gasteiger partial charge in [0, 0.05) is 24.0 Å². The molecule has 0 saturated carbocycles. The van der Waals surface area contributed by atoms with Crippen LogP contribution in [0.15, 0.2) is 24.3 Å². The van der Waals surface area contributed by atoms with Crippen molar-refractivity contribution in [2.75, 3.05) is 6.54 Å². The third-order valence-electron chi connectivity index (χ3n) is 2.74. The van der Waals surface area contributed by atoms with Gasteiger partial charge in [-0.15, -0.1) is 0 Å². The molecule has 0 bridgehead atoms. The van der Waals surface area contributed by atoms with E-state index >= 15 is 0 Å². The Balaban J connectivity index is 2.35. The molecule has 4 heteroatoms. The van der Waals surface area contributed by atoms with Crippen LogP contribution in [0.2, 0.25) is 0 Å². The van der Waals surface area contributed by atoms with Crippen LogP contribution in [0.4, 0.5) is 0 Å². The molecule has 1 amide bonds. The zero-order valence-electron chi connectivity index (χ0n) is 8.03. The molecule has 0 unspecified atom stereocenters. The molecule has 0 saturated heterocycles. The van der Waals surface area contributed by atoms with Gasteiger partial charge in [0.1, 0.15) is 11.4 Å². The molecule has 0 spiro atoms. The summed E-state index contributed by atoms with van der Waals surface area (Å²) in [4.78, 5) is 11.5. The Morgan fingerprint density at radius 3 is 3.07 bits per heavy atom. The van der Waals surface area contributed by atoms with E-state index < -0.39 is 0 Å². The average molecular weight is 202 g/mol. The van der Waals surface area contributed by atoms with Crippen LogP contribution >= 0.6 is 0 Å². The Morgan fingerprint density at radius 1 is 1.33 bits per heavy atom. The summed E-state index contributed by atoms with van der Waals surface area (Å²) in [7, 11) is 0. The number of phenols is 1. The fourth-order valence-corrected chi connectivity index (χ4v) is 2.06. The van der Waals surface area contributed by atoms with E-state index in [0.717, 1.165) is 17.4 Å². The molecular weight excluding hydrogens is 192 g/mol. The molecular formula is C11H10N2O2. The Labute approximate surface area is 86.1 Å². The Bertz CT molecular complexity index is 557. The lowest BCUT2D eigenvalue weighted by Gasteiger charge is -2.16. The number of aromatic nitrogens is 1. The number of nitrogens with zero attached hydrogens (tertiary/aromatic N) is 1. The van der Waals surface area contributed by atoms with Crippen LogP contribution in [0.25, 0.3) is 10.9 Å². The number of carbonyl (C=O) groups is 1. The maximum Gasteiger partial charge on any atom is 0.268 e. The van der Waals surface area contributed by atoms with Gasteiger partial charge in [-0.3, -0.25) is 4.79 Å². The van der Waals surface area contributed by atoms with Gasteiger partial charge >= 0.3 is 0 Å². The van der Waals surface area contributed by atoms with Crippen molar-refractivity contribution >= 4 is 16.8 Å². The molecule has 0 atom stereocenters. The monoisotopic (exact) mass is 202 g/mol. The van der Waals surface area contributed by atoms with Crippen molar-refractivity contribution in [3.8, 4) is 5.75 Å². The topological polar surface area (TPSA) is 54.3 Å². The van der Waals surface area contributed by atoms with Crippen LogP contribution < -0.4 is 5.32 Å². The summed E-state index contributed by atoms with van der Waals surface area (Å²) in [6.45, 7) is 1.45. The number of hydrogen-bond acceptors (Lipinski definition) is 2. The highest BCUT2D eigenvalue weighted by atomic mass is 16.3. The number of phenolic OH excluding ortho intramolecular Hbond substituents is 1. The number of carbonyl (C=O) groups excluding carboxylic acids is 1. The first kappa shape index (κ1) is 8.35. The van der Waals surface area contributed by atoms with Gasteiger partial charge < -0.3 is 15.0 Å². The van der Waals surface area contributed by atoms with Crippen molar-refractivity contribution in [1.82, 2.24) is 9.88 Å². The minimum absolute atomic E-state index is 0.0445. The van der Waals surface area contributed by atoms with Gasteiger partial charge in [0.2, 0.25) is 0 Å². The first-order valence-electron chi connectivity index (χ1n) is 4.86. The largest absolute Gasteiger partial charge is 0.508 e. The van der Waals surface area contributed by atoms with Gasteiger partial charge in [-0.1, -0.05) is 0 Å². The molecule has 4 nitrogen and oxygen atoms in total. The lowest BCUT2D eigenvalue weighted by molar-refractivity contribution is 0.0929. The number of nitrogens with one attached hydrogen (secondary N) is 1. The molecule has 1 aliphatic heterocycles. The van der Waals surface area contributed by atoms with Crippen LogP contribution in [-0.4, -0.2) is 22.1 Å². The van der Waals surface area contributed by atoms with E-state index in [2.05, 4.69) is 5.32 Å². The van der Waals surface area contributed by atoms with E-state index in [1.54, 1.807) is 12.1 Å². The quantitative estimate of drug-likeness (QED) is 0.672. The third-order valence-corrected chi connectivity index (χ3v) is 2.74. The standard InChI is InChI=1S/C11H10N2O2/c14-8-1-2-9-7(5-8)6-10-11(15)12-3-4-13(9)10/h1-2,5-6,14H,3-4H2,(H,12,15). The summed E-state index contributed by atoms with van der Waals surface area (Å²) in [5.41, 5.74) is 1.67. The van der Waals surface area contributed by atoms with Crippen LogP contribution in [0.5, 0.6) is 5.75 Å². The Kier molecular flexibility index (Phi) is 1.54. The predicted molar refractivity (Wildman–Crippen MR) is 55.9 cm³/mol. The third kappa shape index (κ3) is 1.11. The summed E-state index contributed by atoms with van der Waals surface area (Å²) in [6, 6.07) is 6.96. The van der Waals surface area contributed by atoms with Crippen molar-refractivity contribution in [3.63, 3.8) is 0 Å². The van der Waals surface area contributed by atoms with Gasteiger partial charge in [-0.2, -0.15) is 0 Å². The number of aromatic hydroxyl groups is 1. The van der Waals surface area contributed by atoms with Crippen molar-refractivity contribution in [2.24, 2.45) is 0 Å². The van der Waals surface area contributed by atoms with Crippen molar-refractivity contribution < 1.29 is 9.90 Å². The highest BCUT2D eigenvalue weighted by Crippen LogP contribution is 2.24. The number of rotatable bonds is 0. The molecule has 2 heterocycles. The minimum Gasteiger partial charge on any atom is -0.508 e. The van der Waals surface area contributed by atoms with Crippen molar-refractivity contribution in [1.29, 1.82) is 0 Å². The Morgan fingerprint density at radius 2 is 2.20 bits per heavy atom. The van der Waals surface area contributed by atoms with E-state index in [-0.39, 0.29) is 11.7 Å². The molecule has 0 aliphatic carbocycles. The molecule has 76 valence electrons. The second-order valence-corrected chi connectivity index (χ2v) is 3.68. The van der Waals surface area contributed by atoms with Crippen molar-refractivity contribution in [2.45, 2.75) is 6.54 Å². The number of hydrogen-bond donors (Lipinski definition) is 2. The molecule has 1 aliphatic rings. The van der Waals surface area contributed by atoms with Gasteiger partial charge in [-0.05, 0) is 24.3 Å². The van der Waals surface area contributed by atoms with Gasteiger partial charge in [0.05, 0.1) is 0 Å². The summed E-state index contributed by atoms with van der Waals surface area (Å²) in [6.07, 6.45) is 0. The molecule has 2 aromatic rings. The van der Waals surface area contributed by atoms with E-state index in [9.17, 15) is 9.90 Å². The lowest BCUT2D eigenvalue weighted by atomic mass is 10.2. The summed E-state index contributed by atoms with van der Waals surface area (Å²) >= 11 is 0. The second kappa shape index (κ2) is 2.76. The molecule has 0 fully saturated rings. The smallest absolute Gasteiger partial charge is 0.268 e. The van der Waals surface area contributed by atoms with E-state index in [0.29, 0.717) is 12.2 Å². The van der Waals surface area contributed by atoms with Crippen molar-refractivity contribution in [3.05, 3.63) is 30.0 Å². The molecule has 1 aromatic carbocycles. The number of fused-ring (bicyclic) bond motifs is 3. The first-order chi connectivity index (χ1) is 7.25. The van der Waals surface area contributed by atoms with E-state index in [1.807, 2.05) is 16.7 Å². The van der Waals surface area contributed by atoms with Crippen LogP contribution in [0, 0.1) is 0 Å². The summed E-state index contributed by atoms with van der Waals surface area (Å²) in [5, 5.41) is 13.0. The van der Waals surface area contributed by atoms with Crippen LogP contribution in [0.1, 0.15) is 10.5 Å². The normalized spacial score (nSPS) is 15.1. The maximum atomic E-state index is 11.5. The fraction of sp³-hybridized carbons (Fsp3) is 0.182. The molecule has 1 aromatic heterocycles. The summed E-state index contributed by atoms with van der Waals surface area (Å²) in [5.74, 6) is 0.183. The Hall–Kier alpha value is -1.97. The minimum atomic E-state index is -0.0445. The van der Waals surface area contributed by atoms with Gasteiger partial charge in [-0.25, -0.2) is 0 Å². The highest BCUT2D eigenvalue weighted by molar-refractivity contribution is 5.99. The lowest BCUT2D eigenvalue weighted by Crippen LogP contribution is -2.34. The number of amides is 1. The van der Waals surface area contributed by atoms with Crippen LogP contribution in [-0.2, 0) is 6.54 Å². The average Bonchev–Trinajstić information content (AvgIpc) is 2.57. The van der Waals surface area contributed by atoms with Crippen LogP contribution in [0.3, 0.4) is 0 Å². The maximum absolute atomic E-state index is 11.5. The number of benzene rings is 1. The zero-order valence-corrected chi connectivity index (χ0v) is 8.03. The second-order valence-electron chi connectivity index (χ2n) is 3.68. The SMILES string of the molecule is O=C1NCCn2c1cc1cc(O)ccc12. The molecule has 0 radical (unpaired) electrons. The highest BCUT2D eigenvalue weighted by Gasteiger charge is 2.18. The molecule has 3 rings (SSSR count). The molecule has 15 heavy (non-hydrogen) atoms. The van der Waals surface area contributed by atoms with Gasteiger partial charge in [0.15, 0.2) is 0 Å². The zero-order chi connectivity index (χ0) is 10.4. The summed E-state index contributed by atoms with van der Waals surface area (Å²) < 4.78 is 1.98. The van der Waals surface area contributed by atoms with Gasteiger partial charge in [0.25, 0.3) is 5.91 Å². The van der Waals surface area contributed by atoms with E-state index in [4.69, 9.17) is 0 Å². The fourth-order valence-electron chi connectivity index (χ4n) is 2.06. The molecule has 2 N–H and O–H groups in total. The predicted octanol–water partition coefficient (Wildman–Crippen LogP) is 1.09. The van der Waals surface area contributed by atoms with E-state index in [1.165, 1.54) is 0 Å².